The summed E-state index contributed by atoms with van der Waals surface area (Å²) in [4.78, 5) is 11.8. The topological polar surface area (TPSA) is 78.9 Å². The number of nitrogens with zero attached hydrogens (tertiary/aromatic N) is 3. The van der Waals surface area contributed by atoms with E-state index in [1.165, 1.54) is 0 Å². The molecule has 0 saturated carbocycles. The molecule has 0 spiro atoms. The van der Waals surface area contributed by atoms with Gasteiger partial charge in [0, 0.05) is 34.6 Å². The third kappa shape index (κ3) is 5.09. The van der Waals surface area contributed by atoms with Gasteiger partial charge in [0.05, 0.1) is 22.5 Å². The summed E-state index contributed by atoms with van der Waals surface area (Å²) >= 11 is 12.4. The molecule has 1 aromatic heterocycles. The quantitative estimate of drug-likeness (QED) is 0.359. The molecular formula is C24H19Cl2N3O2. The number of halogens is 2. The van der Waals surface area contributed by atoms with Crippen molar-refractivity contribution in [2.75, 3.05) is 0 Å². The average Bonchev–Trinajstić information content (AvgIpc) is 3.13. The number of aromatic carboxylic acids is 1. The molecule has 5 nitrogen and oxygen atoms in total. The third-order valence-corrected chi connectivity index (χ3v) is 5.20. The molecule has 0 aliphatic carbocycles. The average molecular weight is 452 g/mol. The molecule has 0 saturated heterocycles. The lowest BCUT2D eigenvalue weighted by molar-refractivity contribution is 0.0689. The number of hydrogen-bond donors (Lipinski definition) is 1. The fourth-order valence-corrected chi connectivity index (χ4v) is 3.70. The van der Waals surface area contributed by atoms with E-state index in [0.29, 0.717) is 46.3 Å². The molecule has 0 aliphatic rings. The Kier molecular flexibility index (Phi) is 7.36. The lowest BCUT2D eigenvalue weighted by Crippen LogP contribution is -2.03. The van der Waals surface area contributed by atoms with E-state index in [0.717, 1.165) is 17.5 Å². The zero-order valence-corrected chi connectivity index (χ0v) is 18.3. The van der Waals surface area contributed by atoms with E-state index in [1.807, 2.05) is 31.2 Å². The summed E-state index contributed by atoms with van der Waals surface area (Å²) in [6.45, 7) is 1.89. The van der Waals surface area contributed by atoms with E-state index in [9.17, 15) is 9.90 Å². The van der Waals surface area contributed by atoms with E-state index in [2.05, 4.69) is 23.0 Å². The van der Waals surface area contributed by atoms with Gasteiger partial charge in [0.15, 0.2) is 5.69 Å². The first-order chi connectivity index (χ1) is 15.0. The van der Waals surface area contributed by atoms with E-state index in [-0.39, 0.29) is 5.69 Å². The zero-order chi connectivity index (χ0) is 22.4. The minimum absolute atomic E-state index is 0.00937. The SMILES string of the molecule is CCc1c(C(=O)O)nn(-c2ccc(Cl)cc2Cl)c1-c1ccc(C#CCCCC#N)cc1. The number of benzene rings is 2. The minimum Gasteiger partial charge on any atom is -0.476 e. The van der Waals surface area contributed by atoms with E-state index in [1.54, 1.807) is 22.9 Å². The first kappa shape index (κ1) is 22.4. The molecule has 0 aliphatic heterocycles. The lowest BCUT2D eigenvalue weighted by Gasteiger charge is -2.11. The van der Waals surface area contributed by atoms with Crippen LogP contribution in [0.15, 0.2) is 42.5 Å². The molecule has 1 heterocycles. The number of rotatable bonds is 6. The molecule has 0 radical (unpaired) electrons. The summed E-state index contributed by atoms with van der Waals surface area (Å²) in [6, 6.07) is 14.6. The number of unbranched alkanes of at least 4 members (excludes halogenated alkanes) is 2. The van der Waals surface area contributed by atoms with Crippen molar-refractivity contribution >= 4 is 29.2 Å². The predicted octanol–water partition coefficient (Wildman–Crippen LogP) is 6.15. The molecule has 1 N–H and O–H groups in total. The largest absolute Gasteiger partial charge is 0.476 e. The number of hydrogen-bond acceptors (Lipinski definition) is 3. The first-order valence-corrected chi connectivity index (χ1v) is 10.5. The Morgan fingerprint density at radius 1 is 1.16 bits per heavy atom. The van der Waals surface area contributed by atoms with Crippen molar-refractivity contribution in [1.29, 1.82) is 5.26 Å². The molecule has 3 rings (SSSR count). The summed E-state index contributed by atoms with van der Waals surface area (Å²) in [5, 5.41) is 23.5. The van der Waals surface area contributed by atoms with Crippen LogP contribution in [0.3, 0.4) is 0 Å². The Labute approximate surface area is 190 Å². The molecule has 0 fully saturated rings. The maximum Gasteiger partial charge on any atom is 0.356 e. The van der Waals surface area contributed by atoms with Gasteiger partial charge in [-0.2, -0.15) is 10.4 Å². The van der Waals surface area contributed by atoms with Crippen LogP contribution in [0.25, 0.3) is 16.9 Å². The van der Waals surface area contributed by atoms with Gasteiger partial charge in [0.2, 0.25) is 0 Å². The fraction of sp³-hybridized carbons (Fsp3) is 0.208. The van der Waals surface area contributed by atoms with Crippen LogP contribution in [0.4, 0.5) is 0 Å². The summed E-state index contributed by atoms with van der Waals surface area (Å²) in [7, 11) is 0. The molecule has 3 aromatic rings. The smallest absolute Gasteiger partial charge is 0.356 e. The van der Waals surface area contributed by atoms with Crippen LogP contribution in [-0.4, -0.2) is 20.9 Å². The number of carboxylic acids is 1. The van der Waals surface area contributed by atoms with Gasteiger partial charge in [-0.1, -0.05) is 54.1 Å². The molecule has 0 amide bonds. The number of aromatic nitrogens is 2. The highest BCUT2D eigenvalue weighted by molar-refractivity contribution is 6.35. The predicted molar refractivity (Wildman–Crippen MR) is 122 cm³/mol. The second kappa shape index (κ2) is 10.2. The van der Waals surface area contributed by atoms with Crippen LogP contribution in [0.5, 0.6) is 0 Å². The van der Waals surface area contributed by atoms with Crippen molar-refractivity contribution in [3.05, 3.63) is 69.3 Å². The molecule has 7 heteroatoms. The van der Waals surface area contributed by atoms with Gasteiger partial charge in [-0.05, 0) is 43.2 Å². The highest BCUT2D eigenvalue weighted by atomic mass is 35.5. The van der Waals surface area contributed by atoms with Crippen molar-refractivity contribution in [2.45, 2.75) is 32.6 Å². The van der Waals surface area contributed by atoms with Crippen LogP contribution in [0.2, 0.25) is 10.0 Å². The van der Waals surface area contributed by atoms with Crippen LogP contribution in [0, 0.1) is 23.2 Å². The maximum absolute atomic E-state index is 11.8. The molecule has 0 bridgehead atoms. The van der Waals surface area contributed by atoms with Crippen LogP contribution >= 0.6 is 23.2 Å². The van der Waals surface area contributed by atoms with Crippen LogP contribution in [0.1, 0.15) is 47.8 Å². The van der Waals surface area contributed by atoms with Gasteiger partial charge in [-0.3, -0.25) is 0 Å². The molecule has 0 unspecified atom stereocenters. The number of nitriles is 1. The molecule has 31 heavy (non-hydrogen) atoms. The van der Waals surface area contributed by atoms with Crippen molar-refractivity contribution in [2.24, 2.45) is 0 Å². The number of carboxylic acid groups (broad SMARTS) is 1. The Bertz CT molecular complexity index is 1210. The highest BCUT2D eigenvalue weighted by Gasteiger charge is 2.24. The van der Waals surface area contributed by atoms with E-state index >= 15 is 0 Å². The summed E-state index contributed by atoms with van der Waals surface area (Å²) in [5.41, 5.74) is 3.46. The minimum atomic E-state index is -1.10. The molecule has 156 valence electrons. The Hall–Kier alpha value is -3.25. The van der Waals surface area contributed by atoms with Crippen molar-refractivity contribution in [1.82, 2.24) is 9.78 Å². The Morgan fingerprint density at radius 2 is 1.90 bits per heavy atom. The zero-order valence-electron chi connectivity index (χ0n) is 16.8. The maximum atomic E-state index is 11.8. The number of carbonyl (C=O) groups is 1. The van der Waals surface area contributed by atoms with Gasteiger partial charge >= 0.3 is 5.97 Å². The lowest BCUT2D eigenvalue weighted by atomic mass is 10.0. The first-order valence-electron chi connectivity index (χ1n) is 9.73. The molecule has 0 atom stereocenters. The van der Waals surface area contributed by atoms with E-state index in [4.69, 9.17) is 28.5 Å². The summed E-state index contributed by atoms with van der Waals surface area (Å²) < 4.78 is 1.56. The van der Waals surface area contributed by atoms with Crippen molar-refractivity contribution < 1.29 is 9.90 Å². The monoisotopic (exact) mass is 451 g/mol. The van der Waals surface area contributed by atoms with Crippen LogP contribution in [-0.2, 0) is 6.42 Å². The standard InChI is InChI=1S/C24H19Cl2N3O2/c1-2-19-22(24(30)31)28-29(21-13-12-18(25)15-20(21)26)23(19)17-10-8-16(9-11-17)7-5-3-4-6-14-27/h8-13,15H,2-4,6H2,1H3,(H,30,31). The van der Waals surface area contributed by atoms with Gasteiger partial charge in [-0.15, -0.1) is 0 Å². The summed E-state index contributed by atoms with van der Waals surface area (Å²) in [5.74, 6) is 5.05. The van der Waals surface area contributed by atoms with Crippen molar-refractivity contribution in [3.63, 3.8) is 0 Å². The van der Waals surface area contributed by atoms with Gasteiger partial charge in [0.1, 0.15) is 0 Å². The fourth-order valence-electron chi connectivity index (χ4n) is 3.21. The highest BCUT2D eigenvalue weighted by Crippen LogP contribution is 2.33. The Morgan fingerprint density at radius 3 is 2.52 bits per heavy atom. The van der Waals surface area contributed by atoms with Gasteiger partial charge in [0.25, 0.3) is 0 Å². The normalized spacial score (nSPS) is 10.3. The molecule has 2 aromatic carbocycles. The molecular weight excluding hydrogens is 433 g/mol. The van der Waals surface area contributed by atoms with Gasteiger partial charge < -0.3 is 5.11 Å². The second-order valence-corrected chi connectivity index (χ2v) is 7.58. The van der Waals surface area contributed by atoms with E-state index < -0.39 is 5.97 Å². The van der Waals surface area contributed by atoms with Crippen molar-refractivity contribution in [3.8, 4) is 34.9 Å². The second-order valence-electron chi connectivity index (χ2n) is 6.73. The third-order valence-electron chi connectivity index (χ3n) is 4.66. The summed E-state index contributed by atoms with van der Waals surface area (Å²) in [6.07, 6.45) is 2.40. The Balaban J connectivity index is 2.07. The van der Waals surface area contributed by atoms with Gasteiger partial charge in [-0.25, -0.2) is 9.48 Å². The van der Waals surface area contributed by atoms with Crippen LogP contribution < -0.4 is 0 Å².